The summed E-state index contributed by atoms with van der Waals surface area (Å²) in [6, 6.07) is 20.0. The Morgan fingerprint density at radius 3 is 2.31 bits per heavy atom. The smallest absolute Gasteiger partial charge is 0.184 e. The highest BCUT2D eigenvalue weighted by Crippen LogP contribution is 2.32. The number of pyridine rings is 1. The summed E-state index contributed by atoms with van der Waals surface area (Å²) in [5.74, 6) is -0.154. The van der Waals surface area contributed by atoms with Crippen LogP contribution in [0.2, 0.25) is 5.02 Å². The van der Waals surface area contributed by atoms with E-state index in [1.165, 1.54) is 0 Å². The normalized spacial score (nSPS) is 11.9. The Balaban J connectivity index is 1.92. The maximum absolute atomic E-state index is 12.9. The van der Waals surface area contributed by atoms with Crippen molar-refractivity contribution in [2.45, 2.75) is 17.6 Å². The van der Waals surface area contributed by atoms with Crippen molar-refractivity contribution in [3.8, 4) is 0 Å². The first-order chi connectivity index (χ1) is 12.5. The standard InChI is InChI=1S/C21H16ClNO2S/c1-14-9-11-15(12-10-14)26(24,25)13-20-16-5-2-3-6-17(16)21-18(22)7-4-8-19(21)23-20/h2-12H,13H2,1H3. The fourth-order valence-electron chi connectivity index (χ4n) is 3.15. The predicted octanol–water partition coefficient (Wildman–Crippen LogP) is 5.32. The van der Waals surface area contributed by atoms with Gasteiger partial charge in [-0.3, -0.25) is 4.98 Å². The second-order valence-electron chi connectivity index (χ2n) is 6.31. The molecular formula is C21H16ClNO2S. The van der Waals surface area contributed by atoms with Gasteiger partial charge in [-0.05, 0) is 36.6 Å². The van der Waals surface area contributed by atoms with Crippen LogP contribution in [0, 0.1) is 6.92 Å². The summed E-state index contributed by atoms with van der Waals surface area (Å²) in [5.41, 5.74) is 2.26. The Labute approximate surface area is 157 Å². The lowest BCUT2D eigenvalue weighted by Gasteiger charge is -2.11. The van der Waals surface area contributed by atoms with Crippen LogP contribution in [0.4, 0.5) is 0 Å². The van der Waals surface area contributed by atoms with Crippen molar-refractivity contribution in [2.24, 2.45) is 0 Å². The minimum atomic E-state index is -3.50. The predicted molar refractivity (Wildman–Crippen MR) is 106 cm³/mol. The summed E-state index contributed by atoms with van der Waals surface area (Å²) in [7, 11) is -3.50. The van der Waals surface area contributed by atoms with Gasteiger partial charge in [-0.15, -0.1) is 0 Å². The van der Waals surface area contributed by atoms with Crippen LogP contribution >= 0.6 is 11.6 Å². The number of hydrogen-bond donors (Lipinski definition) is 0. The van der Waals surface area contributed by atoms with Crippen molar-refractivity contribution in [1.82, 2.24) is 4.98 Å². The number of aromatic nitrogens is 1. The third kappa shape index (κ3) is 2.96. The van der Waals surface area contributed by atoms with Gasteiger partial charge in [0.2, 0.25) is 0 Å². The van der Waals surface area contributed by atoms with Gasteiger partial charge >= 0.3 is 0 Å². The molecule has 0 bridgehead atoms. The Morgan fingerprint density at radius 1 is 0.885 bits per heavy atom. The maximum Gasteiger partial charge on any atom is 0.184 e. The molecule has 0 amide bonds. The van der Waals surface area contributed by atoms with Crippen LogP contribution < -0.4 is 0 Å². The number of benzene rings is 3. The molecule has 0 saturated heterocycles. The Hall–Kier alpha value is -2.43. The van der Waals surface area contributed by atoms with E-state index in [0.29, 0.717) is 21.1 Å². The molecule has 3 nitrogen and oxygen atoms in total. The molecule has 0 saturated carbocycles. The first-order valence-electron chi connectivity index (χ1n) is 8.21. The zero-order chi connectivity index (χ0) is 18.3. The Kier molecular flexibility index (Phi) is 4.17. The molecule has 0 aliphatic carbocycles. The van der Waals surface area contributed by atoms with Crippen LogP contribution in [0.25, 0.3) is 21.7 Å². The van der Waals surface area contributed by atoms with E-state index in [-0.39, 0.29) is 5.75 Å². The topological polar surface area (TPSA) is 47.0 Å². The minimum absolute atomic E-state index is 0.154. The second-order valence-corrected chi connectivity index (χ2v) is 8.71. The van der Waals surface area contributed by atoms with Crippen LogP contribution in [0.3, 0.4) is 0 Å². The van der Waals surface area contributed by atoms with E-state index in [1.807, 2.05) is 49.4 Å². The van der Waals surface area contributed by atoms with E-state index in [4.69, 9.17) is 11.6 Å². The molecular weight excluding hydrogens is 366 g/mol. The quantitative estimate of drug-likeness (QED) is 0.451. The molecule has 5 heteroatoms. The van der Waals surface area contributed by atoms with Crippen LogP contribution in [0.1, 0.15) is 11.3 Å². The van der Waals surface area contributed by atoms with Gasteiger partial charge in [0.15, 0.2) is 9.84 Å². The Morgan fingerprint density at radius 2 is 1.58 bits per heavy atom. The molecule has 3 aromatic carbocycles. The summed E-state index contributed by atoms with van der Waals surface area (Å²) in [5, 5.41) is 3.18. The SMILES string of the molecule is Cc1ccc(S(=O)(=O)Cc2nc3cccc(Cl)c3c3ccccc23)cc1. The third-order valence-corrected chi connectivity index (χ3v) is 6.42. The number of rotatable bonds is 3. The highest BCUT2D eigenvalue weighted by molar-refractivity contribution is 7.90. The molecule has 26 heavy (non-hydrogen) atoms. The minimum Gasteiger partial charge on any atom is -0.251 e. The molecule has 0 spiro atoms. The van der Waals surface area contributed by atoms with Crippen LogP contribution in [-0.4, -0.2) is 13.4 Å². The summed E-state index contributed by atoms with van der Waals surface area (Å²) in [6.45, 7) is 1.93. The first kappa shape index (κ1) is 17.0. The van der Waals surface area contributed by atoms with E-state index in [2.05, 4.69) is 4.98 Å². The average molecular weight is 382 g/mol. The van der Waals surface area contributed by atoms with Gasteiger partial charge in [-0.25, -0.2) is 8.42 Å². The van der Waals surface area contributed by atoms with E-state index in [1.54, 1.807) is 24.3 Å². The van der Waals surface area contributed by atoms with Gasteiger partial charge in [0, 0.05) is 10.8 Å². The van der Waals surface area contributed by atoms with Gasteiger partial charge in [-0.2, -0.15) is 0 Å². The monoisotopic (exact) mass is 381 g/mol. The number of nitrogens with zero attached hydrogens (tertiary/aromatic N) is 1. The molecule has 4 rings (SSSR count). The molecule has 1 aromatic heterocycles. The van der Waals surface area contributed by atoms with E-state index >= 15 is 0 Å². The number of aryl methyl sites for hydroxylation is 1. The van der Waals surface area contributed by atoms with Gasteiger partial charge in [0.25, 0.3) is 0 Å². The molecule has 0 atom stereocenters. The molecule has 4 aromatic rings. The van der Waals surface area contributed by atoms with Gasteiger partial charge in [0.1, 0.15) is 0 Å². The van der Waals surface area contributed by atoms with Crippen molar-refractivity contribution in [3.63, 3.8) is 0 Å². The highest BCUT2D eigenvalue weighted by atomic mass is 35.5. The number of hydrogen-bond acceptors (Lipinski definition) is 3. The van der Waals surface area contributed by atoms with Crippen molar-refractivity contribution in [2.75, 3.05) is 0 Å². The molecule has 0 fully saturated rings. The summed E-state index contributed by atoms with van der Waals surface area (Å²) >= 11 is 6.37. The number of sulfone groups is 1. The van der Waals surface area contributed by atoms with Crippen molar-refractivity contribution in [3.05, 3.63) is 83.0 Å². The molecule has 0 radical (unpaired) electrons. The van der Waals surface area contributed by atoms with Crippen molar-refractivity contribution >= 4 is 43.1 Å². The fourth-order valence-corrected chi connectivity index (χ4v) is 4.72. The molecule has 0 aliphatic heterocycles. The van der Waals surface area contributed by atoms with Gasteiger partial charge in [-0.1, -0.05) is 59.6 Å². The maximum atomic E-state index is 12.9. The molecule has 1 heterocycles. The summed E-state index contributed by atoms with van der Waals surface area (Å²) in [4.78, 5) is 4.93. The zero-order valence-electron chi connectivity index (χ0n) is 14.1. The van der Waals surface area contributed by atoms with Crippen LogP contribution in [-0.2, 0) is 15.6 Å². The van der Waals surface area contributed by atoms with E-state index in [0.717, 1.165) is 21.7 Å². The summed E-state index contributed by atoms with van der Waals surface area (Å²) < 4.78 is 25.8. The highest BCUT2D eigenvalue weighted by Gasteiger charge is 2.19. The molecule has 0 N–H and O–H groups in total. The third-order valence-electron chi connectivity index (χ3n) is 4.46. The molecule has 0 unspecified atom stereocenters. The first-order valence-corrected chi connectivity index (χ1v) is 10.2. The van der Waals surface area contributed by atoms with E-state index < -0.39 is 9.84 Å². The van der Waals surface area contributed by atoms with Gasteiger partial charge in [0.05, 0.1) is 26.9 Å². The largest absolute Gasteiger partial charge is 0.251 e. The lowest BCUT2D eigenvalue weighted by atomic mass is 10.0. The number of fused-ring (bicyclic) bond motifs is 3. The second kappa shape index (κ2) is 6.38. The molecule has 0 aliphatic rings. The van der Waals surface area contributed by atoms with Crippen LogP contribution in [0.15, 0.2) is 71.6 Å². The number of halogens is 1. The lowest BCUT2D eigenvalue weighted by Crippen LogP contribution is -2.07. The lowest BCUT2D eigenvalue weighted by molar-refractivity contribution is 0.595. The van der Waals surface area contributed by atoms with Crippen LogP contribution in [0.5, 0.6) is 0 Å². The van der Waals surface area contributed by atoms with E-state index in [9.17, 15) is 8.42 Å². The zero-order valence-corrected chi connectivity index (χ0v) is 15.7. The van der Waals surface area contributed by atoms with Crippen molar-refractivity contribution in [1.29, 1.82) is 0 Å². The van der Waals surface area contributed by atoms with Crippen molar-refractivity contribution < 1.29 is 8.42 Å². The summed E-state index contributed by atoms with van der Waals surface area (Å²) in [6.07, 6.45) is 0. The molecule has 130 valence electrons. The Bertz CT molecular complexity index is 1230. The fraction of sp³-hybridized carbons (Fsp3) is 0.0952. The van der Waals surface area contributed by atoms with Gasteiger partial charge < -0.3 is 0 Å². The average Bonchev–Trinajstić information content (AvgIpc) is 2.62.